The van der Waals surface area contributed by atoms with Crippen LogP contribution in [-0.2, 0) is 47.7 Å². The van der Waals surface area contributed by atoms with Gasteiger partial charge >= 0.3 is 29.8 Å². The lowest BCUT2D eigenvalue weighted by Gasteiger charge is -2.61. The van der Waals surface area contributed by atoms with E-state index in [4.69, 9.17) is 47.4 Å². The third kappa shape index (κ3) is 29.8. The van der Waals surface area contributed by atoms with Crippen molar-refractivity contribution in [2.24, 2.45) is 35.0 Å². The third-order valence-electron chi connectivity index (χ3n) is 29.2. The van der Waals surface area contributed by atoms with E-state index in [-0.39, 0.29) is 79.5 Å². The maximum absolute atomic E-state index is 12.6. The molecule has 6 aromatic carbocycles. The van der Waals surface area contributed by atoms with Crippen LogP contribution in [0.2, 0.25) is 0 Å². The molecule has 678 valence electrons. The van der Waals surface area contributed by atoms with E-state index in [1.165, 1.54) is 110 Å². The Morgan fingerprint density at radius 1 is 0.350 bits per heavy atom. The summed E-state index contributed by atoms with van der Waals surface area (Å²) >= 11 is 0. The van der Waals surface area contributed by atoms with Gasteiger partial charge in [-0.15, -0.1) is 0 Å². The van der Waals surface area contributed by atoms with Crippen LogP contribution in [0.15, 0.2) is 133 Å². The van der Waals surface area contributed by atoms with Gasteiger partial charge in [0.2, 0.25) is 0 Å². The molecule has 0 heterocycles. The number of hydrogen-bond acceptors (Lipinski definition) is 15. The molecular formula is C108H156O15. The van der Waals surface area contributed by atoms with Gasteiger partial charge in [-0.3, -0.25) is 0 Å². The second-order valence-corrected chi connectivity index (χ2v) is 39.4. The molecule has 0 aliphatic heterocycles. The van der Waals surface area contributed by atoms with Crippen molar-refractivity contribution in [2.75, 3.05) is 33.0 Å². The lowest BCUT2D eigenvalue weighted by Crippen LogP contribution is -2.57. The minimum Gasteiger partial charge on any atom is -0.482 e. The molecule has 8 fully saturated rings. The first-order chi connectivity index (χ1) is 58.7. The Labute approximate surface area is 740 Å². The third-order valence-corrected chi connectivity index (χ3v) is 29.2. The monoisotopic (exact) mass is 1690 g/mol. The van der Waals surface area contributed by atoms with E-state index in [1.807, 2.05) is 101 Å². The highest BCUT2D eigenvalue weighted by atomic mass is 16.6. The molecule has 4 bridgehead atoms. The molecule has 0 radical (unpaired) electrons. The molecule has 6 aromatic rings. The fraction of sp³-hybridized carbons (Fsp3) is 0.639. The summed E-state index contributed by atoms with van der Waals surface area (Å²) in [7, 11) is 0. The fourth-order valence-electron chi connectivity index (χ4n) is 20.1. The summed E-state index contributed by atoms with van der Waals surface area (Å²) in [6.07, 6.45) is 34.9. The molecule has 8 aliphatic rings. The van der Waals surface area contributed by atoms with Crippen molar-refractivity contribution < 1.29 is 71.3 Å². The molecule has 0 spiro atoms. The van der Waals surface area contributed by atoms with E-state index < -0.39 is 16.8 Å². The Hall–Kier alpha value is -8.07. The predicted octanol–water partition coefficient (Wildman–Crippen LogP) is 27.5. The standard InChI is InChI=1S/C25H36O3.C25H34O3.2C20H30O3.C18H26O3/c1-5-17(2)21-6-8-22(9-7-21)27-16-23(26)28-24(3,4)25-13-18-10-19(14-25)12-20(11-18)15-25;1-5-18(2)19-11-12-21-16-23(14-13-20(21)15-19)27-17-24(26)28-25(3,4)22-9-7-6-8-10-22;1-5-15(2)16-10-12-18(13-11-16)22-14-19(21)23-20(3,4)17-8-6-7-9-17;1-4-16(3)17-9-11-18(12-10-17)22-15-19(21)23-20(5-2)13-7-6-8-14-20;1-4-14(2)15-8-7-9-16(12-15)20-13-17(19)21-18(3)10-5-6-11-18/h6-9,17-20H,5,10-16H2,1-4H3;11-16,18,22H,5-10,17H2,1-4H3;10-13,15,17H,5-9,14H2,1-4H3;9-12,16H,4-8,13-15H2,1-3H3;7-9,12,14H,4-6,10-11,13H2,1-3H3. The molecule has 123 heavy (non-hydrogen) atoms. The van der Waals surface area contributed by atoms with Gasteiger partial charge in [0.15, 0.2) is 33.0 Å². The predicted molar refractivity (Wildman–Crippen MR) is 496 cm³/mol. The Balaban J connectivity index is 0.000000175. The molecule has 5 unspecified atom stereocenters. The van der Waals surface area contributed by atoms with Crippen LogP contribution in [0.4, 0.5) is 0 Å². The van der Waals surface area contributed by atoms with Crippen LogP contribution >= 0.6 is 0 Å². The average molecular weight is 1690 g/mol. The molecule has 0 amide bonds. The summed E-state index contributed by atoms with van der Waals surface area (Å²) in [6.45, 7) is 38.4. The molecule has 15 nitrogen and oxygen atoms in total. The first kappa shape index (κ1) is 98.7. The highest BCUT2D eigenvalue weighted by Gasteiger charge is 2.59. The summed E-state index contributed by atoms with van der Waals surface area (Å²) in [5.74, 6) is 8.44. The number of carbonyl (C=O) groups is 5. The minimum absolute atomic E-state index is 0.00950. The van der Waals surface area contributed by atoms with Crippen molar-refractivity contribution in [1.29, 1.82) is 0 Å². The summed E-state index contributed by atoms with van der Waals surface area (Å²) in [4.78, 5) is 61.0. The van der Waals surface area contributed by atoms with E-state index in [0.717, 1.165) is 156 Å². The van der Waals surface area contributed by atoms with E-state index in [2.05, 4.69) is 157 Å². The zero-order chi connectivity index (χ0) is 89.0. The molecule has 8 aliphatic carbocycles. The van der Waals surface area contributed by atoms with E-state index in [0.29, 0.717) is 52.9 Å². The molecule has 14 rings (SSSR count). The topological polar surface area (TPSA) is 178 Å². The summed E-state index contributed by atoms with van der Waals surface area (Å²) in [5.41, 5.74) is 4.92. The lowest BCUT2D eigenvalue weighted by molar-refractivity contribution is -0.200. The molecule has 15 heteroatoms. The van der Waals surface area contributed by atoms with Crippen LogP contribution in [-0.4, -0.2) is 90.9 Å². The first-order valence-corrected chi connectivity index (χ1v) is 47.9. The molecule has 0 saturated heterocycles. The van der Waals surface area contributed by atoms with Crippen LogP contribution in [0.3, 0.4) is 0 Å². The lowest BCUT2D eigenvalue weighted by atomic mass is 9.46. The summed E-state index contributed by atoms with van der Waals surface area (Å²) in [5, 5.41) is 2.33. The first-order valence-electron chi connectivity index (χ1n) is 47.9. The number of benzene rings is 6. The van der Waals surface area contributed by atoms with Crippen LogP contribution in [0.25, 0.3) is 10.8 Å². The smallest absolute Gasteiger partial charge is 0.344 e. The zero-order valence-electron chi connectivity index (χ0n) is 78.8. The van der Waals surface area contributed by atoms with E-state index >= 15 is 0 Å². The van der Waals surface area contributed by atoms with Crippen molar-refractivity contribution in [3.63, 3.8) is 0 Å². The van der Waals surface area contributed by atoms with Crippen molar-refractivity contribution in [2.45, 2.75) is 375 Å². The van der Waals surface area contributed by atoms with Crippen molar-refractivity contribution >= 4 is 40.6 Å². The normalized spacial score (nSPS) is 20.8. The SMILES string of the molecule is CCC(C)c1ccc(OCC(=O)OC(C)(C)C23CC4CC(CC(C4)C2)C3)cc1.CCC(C)c1ccc(OCC(=O)OC(C)(C)C2CCCC2)cc1.CCC(C)c1ccc(OCC(=O)OC2(CC)CCCCC2)cc1.CCC(C)c1ccc2cc(OCC(=O)OC(C)(C)C3CCCCC3)ccc2c1.CCC(C)c1cccc(OCC(=O)OC2(C)CCCC2)c1. The number of rotatable bonds is 34. The Bertz CT molecular complexity index is 4170. The Morgan fingerprint density at radius 3 is 1.10 bits per heavy atom. The molecule has 5 atom stereocenters. The highest BCUT2D eigenvalue weighted by molar-refractivity contribution is 5.85. The summed E-state index contributed by atoms with van der Waals surface area (Å²) in [6, 6.07) is 44.6. The minimum atomic E-state index is -0.420. The second-order valence-electron chi connectivity index (χ2n) is 39.4. The highest BCUT2D eigenvalue weighted by Crippen LogP contribution is 2.64. The maximum Gasteiger partial charge on any atom is 0.344 e. The van der Waals surface area contributed by atoms with Crippen molar-refractivity contribution in [1.82, 2.24) is 0 Å². The van der Waals surface area contributed by atoms with Gasteiger partial charge in [0, 0.05) is 5.41 Å². The quantitative estimate of drug-likeness (QED) is 0.0275. The van der Waals surface area contributed by atoms with Gasteiger partial charge in [0.25, 0.3) is 0 Å². The van der Waals surface area contributed by atoms with Crippen molar-refractivity contribution in [3.8, 4) is 28.7 Å². The van der Waals surface area contributed by atoms with Gasteiger partial charge in [-0.25, -0.2) is 24.0 Å². The average Bonchev–Trinajstić information content (AvgIpc) is 1.25. The van der Waals surface area contributed by atoms with Crippen LogP contribution in [0, 0.1) is 35.0 Å². The molecule has 8 saturated carbocycles. The molecular weight excluding hydrogens is 1540 g/mol. The summed E-state index contributed by atoms with van der Waals surface area (Å²) < 4.78 is 57.0. The van der Waals surface area contributed by atoms with Gasteiger partial charge in [0.1, 0.15) is 56.8 Å². The fourth-order valence-corrected chi connectivity index (χ4v) is 20.1. The second kappa shape index (κ2) is 46.9. The van der Waals surface area contributed by atoms with Gasteiger partial charge < -0.3 is 47.4 Å². The number of esters is 5. The number of ether oxygens (including phenoxy) is 10. The zero-order valence-corrected chi connectivity index (χ0v) is 78.8. The van der Waals surface area contributed by atoms with Crippen LogP contribution in [0.5, 0.6) is 28.7 Å². The van der Waals surface area contributed by atoms with E-state index in [1.54, 1.807) is 0 Å². The number of carbonyl (C=O) groups excluding carboxylic acids is 5. The van der Waals surface area contributed by atoms with Gasteiger partial charge in [-0.05, 0) is 361 Å². The molecule has 0 N–H and O–H groups in total. The van der Waals surface area contributed by atoms with E-state index in [9.17, 15) is 24.0 Å². The van der Waals surface area contributed by atoms with Gasteiger partial charge in [0.05, 0.1) is 0 Å². The largest absolute Gasteiger partial charge is 0.482 e. The van der Waals surface area contributed by atoms with Gasteiger partial charge in [-0.1, -0.05) is 187 Å². The number of hydrogen-bond donors (Lipinski definition) is 0. The Morgan fingerprint density at radius 2 is 0.675 bits per heavy atom. The maximum atomic E-state index is 12.6. The molecule has 0 aromatic heterocycles. The van der Waals surface area contributed by atoms with Crippen LogP contribution < -0.4 is 23.7 Å². The Kier molecular flexibility index (Phi) is 37.7. The van der Waals surface area contributed by atoms with Crippen molar-refractivity contribution in [3.05, 3.63) is 161 Å². The number of fused-ring (bicyclic) bond motifs is 1. The van der Waals surface area contributed by atoms with Gasteiger partial charge in [-0.2, -0.15) is 0 Å². The van der Waals surface area contributed by atoms with Crippen LogP contribution in [0.1, 0.15) is 375 Å².